The fourth-order valence-electron chi connectivity index (χ4n) is 1.98. The van der Waals surface area contributed by atoms with E-state index >= 15 is 0 Å². The van der Waals surface area contributed by atoms with Crippen LogP contribution in [-0.2, 0) is 19.1 Å². The summed E-state index contributed by atoms with van der Waals surface area (Å²) in [5.74, 6) is -0.479. The van der Waals surface area contributed by atoms with Crippen LogP contribution in [0.5, 0.6) is 0 Å². The first kappa shape index (κ1) is 13.9. The Hall–Kier alpha value is -1.14. The Morgan fingerprint density at radius 1 is 1.47 bits per heavy atom. The lowest BCUT2D eigenvalue weighted by atomic mass is 9.97. The number of esters is 1. The minimum absolute atomic E-state index is 0.150. The topological polar surface area (TPSA) is 84.9 Å². The fourth-order valence-corrected chi connectivity index (χ4v) is 1.98. The molecule has 6 nitrogen and oxygen atoms in total. The second kappa shape index (κ2) is 6.56. The number of hydrogen-bond acceptors (Lipinski definition) is 5. The molecule has 1 rings (SSSR count). The standard InChI is InChI=1S/C11H19NO5/c1-7(14)12-9-4-3-8(5-11(15)16-2)17-10(9)6-13/h8-10,13H,3-6H2,1-2H3,(H,12,14)/t8-,9+,10+/m0/s1. The van der Waals surface area contributed by atoms with Gasteiger partial charge in [-0.1, -0.05) is 0 Å². The van der Waals surface area contributed by atoms with Crippen molar-refractivity contribution in [2.75, 3.05) is 13.7 Å². The Labute approximate surface area is 100 Å². The summed E-state index contributed by atoms with van der Waals surface area (Å²) in [5.41, 5.74) is 0. The Balaban J connectivity index is 2.48. The number of carbonyl (C=O) groups is 2. The van der Waals surface area contributed by atoms with Gasteiger partial charge in [0.2, 0.25) is 5.91 Å². The summed E-state index contributed by atoms with van der Waals surface area (Å²) < 4.78 is 10.1. The molecule has 0 aromatic heterocycles. The van der Waals surface area contributed by atoms with Gasteiger partial charge in [0.25, 0.3) is 0 Å². The van der Waals surface area contributed by atoms with Gasteiger partial charge in [0, 0.05) is 6.92 Å². The predicted octanol–water partition coefficient (Wildman–Crippen LogP) is -0.406. The van der Waals surface area contributed by atoms with E-state index in [1.54, 1.807) is 0 Å². The molecule has 6 heteroatoms. The molecule has 0 unspecified atom stereocenters. The minimum Gasteiger partial charge on any atom is -0.469 e. The van der Waals surface area contributed by atoms with Crippen LogP contribution in [0.3, 0.4) is 0 Å². The first-order valence-corrected chi connectivity index (χ1v) is 5.67. The SMILES string of the molecule is COC(=O)C[C@@H]1CC[C@@H](NC(C)=O)[C@@H](CO)O1. The number of aliphatic hydroxyl groups excluding tert-OH is 1. The molecule has 1 fully saturated rings. The maximum absolute atomic E-state index is 11.1. The third-order valence-electron chi connectivity index (χ3n) is 2.81. The lowest BCUT2D eigenvalue weighted by molar-refractivity contribution is -0.150. The van der Waals surface area contributed by atoms with E-state index in [0.717, 1.165) is 0 Å². The molecule has 0 aromatic carbocycles. The monoisotopic (exact) mass is 245 g/mol. The molecule has 1 saturated heterocycles. The van der Waals surface area contributed by atoms with Crippen LogP contribution in [0.4, 0.5) is 0 Å². The summed E-state index contributed by atoms with van der Waals surface area (Å²) in [4.78, 5) is 22.1. The van der Waals surface area contributed by atoms with Crippen LogP contribution in [0.25, 0.3) is 0 Å². The lowest BCUT2D eigenvalue weighted by Gasteiger charge is -2.35. The van der Waals surface area contributed by atoms with Crippen LogP contribution in [0.1, 0.15) is 26.2 Å². The van der Waals surface area contributed by atoms with Crippen molar-refractivity contribution in [1.29, 1.82) is 0 Å². The van der Waals surface area contributed by atoms with Crippen molar-refractivity contribution in [3.05, 3.63) is 0 Å². The summed E-state index contributed by atoms with van der Waals surface area (Å²) >= 11 is 0. The molecule has 98 valence electrons. The smallest absolute Gasteiger partial charge is 0.308 e. The largest absolute Gasteiger partial charge is 0.469 e. The van der Waals surface area contributed by atoms with Crippen LogP contribution in [0.2, 0.25) is 0 Å². The number of aliphatic hydroxyl groups is 1. The van der Waals surface area contributed by atoms with Gasteiger partial charge in [0.05, 0.1) is 32.3 Å². The molecule has 0 saturated carbocycles. The van der Waals surface area contributed by atoms with E-state index in [9.17, 15) is 14.7 Å². The number of amides is 1. The summed E-state index contributed by atoms with van der Waals surface area (Å²) in [7, 11) is 1.33. The van der Waals surface area contributed by atoms with E-state index < -0.39 is 6.10 Å². The van der Waals surface area contributed by atoms with Gasteiger partial charge in [-0.3, -0.25) is 9.59 Å². The van der Waals surface area contributed by atoms with Gasteiger partial charge in [-0.15, -0.1) is 0 Å². The van der Waals surface area contributed by atoms with Crippen LogP contribution >= 0.6 is 0 Å². The van der Waals surface area contributed by atoms with Gasteiger partial charge in [-0.05, 0) is 12.8 Å². The Kier molecular flexibility index (Phi) is 5.37. The van der Waals surface area contributed by atoms with Crippen molar-refractivity contribution in [2.24, 2.45) is 0 Å². The summed E-state index contributed by atoms with van der Waals surface area (Å²) in [5, 5.41) is 11.9. The molecular formula is C11H19NO5. The maximum atomic E-state index is 11.1. The average Bonchev–Trinajstić information content (AvgIpc) is 2.30. The molecule has 1 aliphatic rings. The Morgan fingerprint density at radius 3 is 2.71 bits per heavy atom. The Bertz CT molecular complexity index is 281. The van der Waals surface area contributed by atoms with Crippen molar-refractivity contribution in [3.63, 3.8) is 0 Å². The zero-order valence-electron chi connectivity index (χ0n) is 10.1. The third-order valence-corrected chi connectivity index (χ3v) is 2.81. The van der Waals surface area contributed by atoms with Gasteiger partial charge in [0.15, 0.2) is 0 Å². The average molecular weight is 245 g/mol. The molecule has 3 atom stereocenters. The van der Waals surface area contributed by atoms with Crippen LogP contribution in [-0.4, -0.2) is 48.9 Å². The highest BCUT2D eigenvalue weighted by molar-refractivity contribution is 5.73. The van der Waals surface area contributed by atoms with Gasteiger partial charge in [-0.25, -0.2) is 0 Å². The Morgan fingerprint density at radius 2 is 2.18 bits per heavy atom. The third kappa shape index (κ3) is 4.32. The van der Waals surface area contributed by atoms with Crippen molar-refractivity contribution in [1.82, 2.24) is 5.32 Å². The molecular weight excluding hydrogens is 226 g/mol. The highest BCUT2D eigenvalue weighted by atomic mass is 16.5. The van der Waals surface area contributed by atoms with E-state index in [1.807, 2.05) is 0 Å². The molecule has 1 amide bonds. The van der Waals surface area contributed by atoms with Gasteiger partial charge in [0.1, 0.15) is 6.10 Å². The number of hydrogen-bond donors (Lipinski definition) is 2. The second-order valence-corrected chi connectivity index (χ2v) is 4.14. The number of nitrogens with one attached hydrogen (secondary N) is 1. The minimum atomic E-state index is -0.456. The molecule has 1 aliphatic heterocycles. The molecule has 0 radical (unpaired) electrons. The van der Waals surface area contributed by atoms with Crippen LogP contribution in [0.15, 0.2) is 0 Å². The van der Waals surface area contributed by atoms with Gasteiger partial charge >= 0.3 is 5.97 Å². The maximum Gasteiger partial charge on any atom is 0.308 e. The van der Waals surface area contributed by atoms with E-state index in [-0.39, 0.29) is 37.0 Å². The molecule has 0 aromatic rings. The molecule has 0 aliphatic carbocycles. The highest BCUT2D eigenvalue weighted by Crippen LogP contribution is 2.22. The zero-order chi connectivity index (χ0) is 12.8. The normalized spacial score (nSPS) is 28.5. The highest BCUT2D eigenvalue weighted by Gasteiger charge is 2.32. The zero-order valence-corrected chi connectivity index (χ0v) is 10.1. The summed E-state index contributed by atoms with van der Waals surface area (Å²) in [6.07, 6.45) is 0.829. The number of methoxy groups -OCH3 is 1. The number of carbonyl (C=O) groups excluding carboxylic acids is 2. The molecule has 2 N–H and O–H groups in total. The summed E-state index contributed by atoms with van der Waals surface area (Å²) in [6, 6.07) is -0.189. The van der Waals surface area contributed by atoms with Crippen LogP contribution in [0, 0.1) is 0 Å². The van der Waals surface area contributed by atoms with Crippen molar-refractivity contribution in [3.8, 4) is 0 Å². The molecule has 1 heterocycles. The first-order valence-electron chi connectivity index (χ1n) is 5.67. The van der Waals surface area contributed by atoms with E-state index in [1.165, 1.54) is 14.0 Å². The molecule has 0 spiro atoms. The molecule has 0 bridgehead atoms. The van der Waals surface area contributed by atoms with Crippen molar-refractivity contribution in [2.45, 2.75) is 44.4 Å². The number of rotatable bonds is 4. The molecule has 17 heavy (non-hydrogen) atoms. The lowest BCUT2D eigenvalue weighted by Crippen LogP contribution is -2.50. The van der Waals surface area contributed by atoms with E-state index in [0.29, 0.717) is 12.8 Å². The fraction of sp³-hybridized carbons (Fsp3) is 0.818. The van der Waals surface area contributed by atoms with E-state index in [4.69, 9.17) is 4.74 Å². The number of ether oxygens (including phenoxy) is 2. The van der Waals surface area contributed by atoms with Crippen LogP contribution < -0.4 is 5.32 Å². The summed E-state index contributed by atoms with van der Waals surface area (Å²) in [6.45, 7) is 1.25. The predicted molar refractivity (Wildman–Crippen MR) is 59.2 cm³/mol. The van der Waals surface area contributed by atoms with Gasteiger partial charge < -0.3 is 19.9 Å². The van der Waals surface area contributed by atoms with E-state index in [2.05, 4.69) is 10.1 Å². The quantitative estimate of drug-likeness (QED) is 0.658. The van der Waals surface area contributed by atoms with Crippen molar-refractivity contribution >= 4 is 11.9 Å². The van der Waals surface area contributed by atoms with Gasteiger partial charge in [-0.2, -0.15) is 0 Å². The second-order valence-electron chi connectivity index (χ2n) is 4.14. The van der Waals surface area contributed by atoms with Crippen molar-refractivity contribution < 1.29 is 24.2 Å². The first-order chi connectivity index (χ1) is 8.06.